The normalized spacial score (nSPS) is 10.2. The van der Waals surface area contributed by atoms with Crippen molar-refractivity contribution in [3.63, 3.8) is 0 Å². The molecule has 0 fully saturated rings. The molecule has 2 nitrogen and oxygen atoms in total. The fraction of sp³-hybridized carbons (Fsp3) is 0.214. The van der Waals surface area contributed by atoms with Crippen LogP contribution in [0.2, 0.25) is 0 Å². The van der Waals surface area contributed by atoms with Crippen LogP contribution < -0.4 is 4.74 Å². The highest BCUT2D eigenvalue weighted by molar-refractivity contribution is 7.14. The largest absolute Gasteiger partial charge is 0.494 e. The van der Waals surface area contributed by atoms with E-state index in [2.05, 4.69) is 0 Å². The summed E-state index contributed by atoms with van der Waals surface area (Å²) in [4.78, 5) is 14.1. The van der Waals surface area contributed by atoms with Gasteiger partial charge in [0, 0.05) is 10.4 Å². The molecule has 0 aliphatic carbocycles. The summed E-state index contributed by atoms with van der Waals surface area (Å²) in [5, 5.41) is 0. The topological polar surface area (TPSA) is 26.3 Å². The molecule has 1 aromatic carbocycles. The van der Waals surface area contributed by atoms with Gasteiger partial charge in [0.2, 0.25) is 5.78 Å². The van der Waals surface area contributed by atoms with Crippen molar-refractivity contribution in [2.45, 2.75) is 13.8 Å². The number of carbonyl (C=O) groups excluding carboxylic acids is 1. The molecule has 0 radical (unpaired) electrons. The van der Waals surface area contributed by atoms with Crippen LogP contribution in [-0.4, -0.2) is 12.4 Å². The highest BCUT2D eigenvalue weighted by Crippen LogP contribution is 2.21. The third-order valence-corrected chi connectivity index (χ3v) is 3.37. The molecule has 88 valence electrons. The van der Waals surface area contributed by atoms with Crippen molar-refractivity contribution in [1.82, 2.24) is 0 Å². The standard InChI is InChI=1S/C14H14O2S/c1-3-16-12-6-4-5-11(9-12)14(15)13-8-7-10(2)17-13/h4-9H,3H2,1-2H3. The molecular weight excluding hydrogens is 232 g/mol. The maximum Gasteiger partial charge on any atom is 0.203 e. The number of ether oxygens (including phenoxy) is 1. The summed E-state index contributed by atoms with van der Waals surface area (Å²) in [6.45, 7) is 4.53. The second-order valence-corrected chi connectivity index (χ2v) is 4.99. The average Bonchev–Trinajstić information content (AvgIpc) is 2.76. The van der Waals surface area contributed by atoms with Crippen molar-refractivity contribution in [3.05, 3.63) is 51.7 Å². The molecule has 1 aromatic heterocycles. The Kier molecular flexibility index (Phi) is 3.59. The average molecular weight is 246 g/mol. The Bertz CT molecular complexity index is 529. The minimum Gasteiger partial charge on any atom is -0.494 e. The van der Waals surface area contributed by atoms with Crippen LogP contribution in [0.25, 0.3) is 0 Å². The van der Waals surface area contributed by atoms with E-state index in [0.717, 1.165) is 15.5 Å². The minimum atomic E-state index is 0.0599. The van der Waals surface area contributed by atoms with Gasteiger partial charge in [0.05, 0.1) is 11.5 Å². The molecule has 0 saturated carbocycles. The van der Waals surface area contributed by atoms with E-state index in [1.807, 2.05) is 44.2 Å². The van der Waals surface area contributed by atoms with Gasteiger partial charge in [-0.3, -0.25) is 4.79 Å². The van der Waals surface area contributed by atoms with Gasteiger partial charge in [0.1, 0.15) is 5.75 Å². The van der Waals surface area contributed by atoms with Crippen molar-refractivity contribution in [1.29, 1.82) is 0 Å². The van der Waals surface area contributed by atoms with Gasteiger partial charge in [0.25, 0.3) is 0 Å². The number of ketones is 1. The molecule has 0 N–H and O–H groups in total. The molecular formula is C14H14O2S. The molecule has 0 amide bonds. The minimum absolute atomic E-state index is 0.0599. The smallest absolute Gasteiger partial charge is 0.203 e. The lowest BCUT2D eigenvalue weighted by molar-refractivity contribution is 0.104. The fourth-order valence-electron chi connectivity index (χ4n) is 1.59. The van der Waals surface area contributed by atoms with Crippen LogP contribution in [0.1, 0.15) is 27.0 Å². The molecule has 0 aliphatic heterocycles. The maximum atomic E-state index is 12.2. The fourth-order valence-corrected chi connectivity index (χ4v) is 2.42. The Morgan fingerprint density at radius 3 is 2.76 bits per heavy atom. The number of hydrogen-bond acceptors (Lipinski definition) is 3. The lowest BCUT2D eigenvalue weighted by Gasteiger charge is -2.04. The first-order valence-electron chi connectivity index (χ1n) is 5.54. The zero-order valence-corrected chi connectivity index (χ0v) is 10.7. The van der Waals surface area contributed by atoms with Gasteiger partial charge >= 0.3 is 0 Å². The summed E-state index contributed by atoms with van der Waals surface area (Å²) in [6.07, 6.45) is 0. The first kappa shape index (κ1) is 11.9. The van der Waals surface area contributed by atoms with Crippen LogP contribution in [0.5, 0.6) is 5.75 Å². The Balaban J connectivity index is 2.27. The van der Waals surface area contributed by atoms with E-state index in [4.69, 9.17) is 4.74 Å². The molecule has 0 saturated heterocycles. The predicted octanol–water partition coefficient (Wildman–Crippen LogP) is 3.69. The second-order valence-electron chi connectivity index (χ2n) is 3.70. The van der Waals surface area contributed by atoms with Crippen molar-refractivity contribution in [2.24, 2.45) is 0 Å². The number of thiophene rings is 1. The molecule has 2 rings (SSSR count). The van der Waals surface area contributed by atoms with E-state index in [1.165, 1.54) is 11.3 Å². The Morgan fingerprint density at radius 1 is 1.29 bits per heavy atom. The third kappa shape index (κ3) is 2.74. The first-order chi connectivity index (χ1) is 8.20. The molecule has 0 spiro atoms. The first-order valence-corrected chi connectivity index (χ1v) is 6.36. The van der Waals surface area contributed by atoms with E-state index in [0.29, 0.717) is 12.2 Å². The number of benzene rings is 1. The van der Waals surface area contributed by atoms with Crippen molar-refractivity contribution in [3.8, 4) is 5.75 Å². The van der Waals surface area contributed by atoms with Gasteiger partial charge in [-0.25, -0.2) is 0 Å². The monoisotopic (exact) mass is 246 g/mol. The van der Waals surface area contributed by atoms with E-state index >= 15 is 0 Å². The molecule has 0 bridgehead atoms. The highest BCUT2D eigenvalue weighted by atomic mass is 32.1. The number of carbonyl (C=O) groups is 1. The van der Waals surface area contributed by atoms with E-state index in [1.54, 1.807) is 6.07 Å². The van der Waals surface area contributed by atoms with Crippen molar-refractivity contribution >= 4 is 17.1 Å². The zero-order valence-electron chi connectivity index (χ0n) is 9.90. The zero-order chi connectivity index (χ0) is 12.3. The summed E-state index contributed by atoms with van der Waals surface area (Å²) in [6, 6.07) is 11.2. The Morgan fingerprint density at radius 2 is 2.12 bits per heavy atom. The molecule has 1 heterocycles. The molecule has 0 unspecified atom stereocenters. The summed E-state index contributed by atoms with van der Waals surface area (Å²) >= 11 is 1.52. The van der Waals surface area contributed by atoms with Crippen LogP contribution in [-0.2, 0) is 0 Å². The summed E-state index contributed by atoms with van der Waals surface area (Å²) < 4.78 is 5.39. The maximum absolute atomic E-state index is 12.2. The van der Waals surface area contributed by atoms with Gasteiger partial charge in [-0.05, 0) is 38.1 Å². The predicted molar refractivity (Wildman–Crippen MR) is 70.1 cm³/mol. The van der Waals surface area contributed by atoms with Crippen LogP contribution in [0.4, 0.5) is 0 Å². The number of aryl methyl sites for hydroxylation is 1. The van der Waals surface area contributed by atoms with Gasteiger partial charge < -0.3 is 4.74 Å². The summed E-state index contributed by atoms with van der Waals surface area (Å²) in [5.41, 5.74) is 0.679. The lowest BCUT2D eigenvalue weighted by atomic mass is 10.1. The van der Waals surface area contributed by atoms with Crippen molar-refractivity contribution < 1.29 is 9.53 Å². The van der Waals surface area contributed by atoms with Gasteiger partial charge in [-0.1, -0.05) is 12.1 Å². The van der Waals surface area contributed by atoms with Crippen LogP contribution in [0.3, 0.4) is 0 Å². The number of rotatable bonds is 4. The van der Waals surface area contributed by atoms with Crippen LogP contribution in [0.15, 0.2) is 36.4 Å². The van der Waals surface area contributed by atoms with Gasteiger partial charge in [-0.15, -0.1) is 11.3 Å². The molecule has 3 heteroatoms. The quantitative estimate of drug-likeness (QED) is 0.769. The van der Waals surface area contributed by atoms with Gasteiger partial charge in [0.15, 0.2) is 0 Å². The molecule has 0 aliphatic rings. The SMILES string of the molecule is CCOc1cccc(C(=O)c2ccc(C)s2)c1. The van der Waals surface area contributed by atoms with E-state index < -0.39 is 0 Å². The third-order valence-electron chi connectivity index (χ3n) is 2.37. The van der Waals surface area contributed by atoms with E-state index in [-0.39, 0.29) is 5.78 Å². The summed E-state index contributed by atoms with van der Waals surface area (Å²) in [7, 11) is 0. The van der Waals surface area contributed by atoms with Crippen molar-refractivity contribution in [2.75, 3.05) is 6.61 Å². The Hall–Kier alpha value is -1.61. The van der Waals surface area contributed by atoms with Crippen LogP contribution in [0, 0.1) is 6.92 Å². The van der Waals surface area contributed by atoms with Crippen LogP contribution >= 0.6 is 11.3 Å². The van der Waals surface area contributed by atoms with E-state index in [9.17, 15) is 4.79 Å². The highest BCUT2D eigenvalue weighted by Gasteiger charge is 2.11. The lowest BCUT2D eigenvalue weighted by Crippen LogP contribution is -1.99. The summed E-state index contributed by atoms with van der Waals surface area (Å²) in [5.74, 6) is 0.802. The molecule has 2 aromatic rings. The second kappa shape index (κ2) is 5.15. The molecule has 0 atom stereocenters. The molecule has 17 heavy (non-hydrogen) atoms. The van der Waals surface area contributed by atoms with Gasteiger partial charge in [-0.2, -0.15) is 0 Å². The Labute approximate surface area is 105 Å². The number of hydrogen-bond donors (Lipinski definition) is 0.